The molecule has 3 nitrogen and oxygen atoms in total. The summed E-state index contributed by atoms with van der Waals surface area (Å²) in [5.74, 6) is 0. The highest BCUT2D eigenvalue weighted by Gasteiger charge is 2.26. The second-order valence-corrected chi connectivity index (χ2v) is 4.04. The molecular formula is C7H6BrClN2O. The van der Waals surface area contributed by atoms with Crippen LogP contribution in [0.3, 0.4) is 0 Å². The summed E-state index contributed by atoms with van der Waals surface area (Å²) < 4.78 is 1.93. The molecule has 1 aliphatic rings. The second-order valence-electron chi connectivity index (χ2n) is 2.80. The molecule has 1 aromatic heterocycles. The van der Waals surface area contributed by atoms with E-state index >= 15 is 0 Å². The first-order valence-electron chi connectivity index (χ1n) is 3.63. The van der Waals surface area contributed by atoms with Gasteiger partial charge in [0.05, 0.1) is 10.5 Å². The molecule has 2 rings (SSSR count). The molecule has 0 bridgehead atoms. The van der Waals surface area contributed by atoms with Gasteiger partial charge in [0.2, 0.25) is 0 Å². The van der Waals surface area contributed by atoms with Crippen molar-refractivity contribution in [1.82, 2.24) is 9.78 Å². The third kappa shape index (κ3) is 1.41. The van der Waals surface area contributed by atoms with Crippen LogP contribution in [0.15, 0.2) is 15.3 Å². The second kappa shape index (κ2) is 2.85. The Morgan fingerprint density at radius 3 is 2.92 bits per heavy atom. The van der Waals surface area contributed by atoms with Crippen LogP contribution in [-0.2, 0) is 0 Å². The Bertz CT molecular complexity index is 372. The minimum atomic E-state index is -0.0955. The van der Waals surface area contributed by atoms with Gasteiger partial charge in [0.25, 0.3) is 5.56 Å². The Labute approximate surface area is 82.5 Å². The number of aromatic nitrogens is 2. The Morgan fingerprint density at radius 1 is 1.67 bits per heavy atom. The fourth-order valence-electron chi connectivity index (χ4n) is 1.02. The van der Waals surface area contributed by atoms with Crippen molar-refractivity contribution in [2.75, 3.05) is 0 Å². The largest absolute Gasteiger partial charge is 0.281 e. The maximum atomic E-state index is 11.4. The van der Waals surface area contributed by atoms with Crippen molar-refractivity contribution in [1.29, 1.82) is 0 Å². The summed E-state index contributed by atoms with van der Waals surface area (Å²) in [6, 6.07) is 1.79. The summed E-state index contributed by atoms with van der Waals surface area (Å²) in [5.41, 5.74) is -0.0955. The van der Waals surface area contributed by atoms with Crippen LogP contribution in [-0.4, -0.2) is 9.78 Å². The lowest BCUT2D eigenvalue weighted by molar-refractivity contribution is 0.596. The van der Waals surface area contributed by atoms with Gasteiger partial charge in [0.15, 0.2) is 5.15 Å². The molecule has 0 radical (unpaired) electrons. The molecule has 64 valence electrons. The first-order valence-corrected chi connectivity index (χ1v) is 4.80. The topological polar surface area (TPSA) is 34.9 Å². The third-order valence-electron chi connectivity index (χ3n) is 1.75. The Balaban J connectivity index is 2.58. The smallest absolute Gasteiger partial charge is 0.266 e. The fourth-order valence-corrected chi connectivity index (χ4v) is 1.74. The van der Waals surface area contributed by atoms with Crippen LogP contribution in [0.1, 0.15) is 18.9 Å². The molecule has 0 atom stereocenters. The van der Waals surface area contributed by atoms with E-state index in [-0.39, 0.29) is 11.6 Å². The molecule has 1 fully saturated rings. The van der Waals surface area contributed by atoms with Crippen LogP contribution >= 0.6 is 27.5 Å². The molecule has 1 heterocycles. The van der Waals surface area contributed by atoms with Crippen LogP contribution < -0.4 is 5.56 Å². The highest BCUT2D eigenvalue weighted by atomic mass is 79.9. The van der Waals surface area contributed by atoms with E-state index in [1.807, 2.05) is 0 Å². The van der Waals surface area contributed by atoms with E-state index in [4.69, 9.17) is 11.6 Å². The van der Waals surface area contributed by atoms with Crippen LogP contribution in [0.4, 0.5) is 0 Å². The maximum Gasteiger partial charge on any atom is 0.281 e. The number of hydrogen-bond acceptors (Lipinski definition) is 2. The first-order chi connectivity index (χ1) is 5.68. The average Bonchev–Trinajstić information content (AvgIpc) is 2.79. The van der Waals surface area contributed by atoms with E-state index in [0.29, 0.717) is 9.63 Å². The van der Waals surface area contributed by atoms with E-state index < -0.39 is 0 Å². The molecule has 1 aliphatic carbocycles. The molecule has 12 heavy (non-hydrogen) atoms. The summed E-state index contributed by atoms with van der Waals surface area (Å²) in [6.07, 6.45) is 2.05. The predicted octanol–water partition coefficient (Wildman–Crippen LogP) is 1.99. The molecule has 5 heteroatoms. The quantitative estimate of drug-likeness (QED) is 0.763. The van der Waals surface area contributed by atoms with Crippen LogP contribution in [0.2, 0.25) is 5.15 Å². The van der Waals surface area contributed by atoms with Gasteiger partial charge in [0.1, 0.15) is 0 Å². The molecule has 1 saturated carbocycles. The van der Waals surface area contributed by atoms with E-state index in [1.165, 1.54) is 10.7 Å². The normalized spacial score (nSPS) is 16.5. The average molecular weight is 249 g/mol. The highest BCUT2D eigenvalue weighted by Crippen LogP contribution is 2.33. The highest BCUT2D eigenvalue weighted by molar-refractivity contribution is 9.10. The van der Waals surface area contributed by atoms with Crippen molar-refractivity contribution in [3.05, 3.63) is 26.0 Å². The number of nitrogens with zero attached hydrogens (tertiary/aromatic N) is 2. The molecular weight excluding hydrogens is 243 g/mol. The van der Waals surface area contributed by atoms with E-state index in [2.05, 4.69) is 21.0 Å². The maximum absolute atomic E-state index is 11.4. The van der Waals surface area contributed by atoms with Crippen molar-refractivity contribution in [2.24, 2.45) is 0 Å². The third-order valence-corrected chi connectivity index (χ3v) is 2.51. The number of hydrogen-bond donors (Lipinski definition) is 0. The minimum Gasteiger partial charge on any atom is -0.266 e. The van der Waals surface area contributed by atoms with Gasteiger partial charge in [-0.15, -0.1) is 0 Å². The van der Waals surface area contributed by atoms with Crippen LogP contribution in [0, 0.1) is 0 Å². The summed E-state index contributed by atoms with van der Waals surface area (Å²) >= 11 is 8.83. The molecule has 0 saturated heterocycles. The van der Waals surface area contributed by atoms with Gasteiger partial charge in [-0.1, -0.05) is 11.6 Å². The van der Waals surface area contributed by atoms with E-state index in [0.717, 1.165) is 12.8 Å². The SMILES string of the molecule is O=c1c(Br)cc(Cl)nn1C1CC1. The number of rotatable bonds is 1. The van der Waals surface area contributed by atoms with Gasteiger partial charge in [-0.2, -0.15) is 5.10 Å². The lowest BCUT2D eigenvalue weighted by atomic mass is 10.5. The lowest BCUT2D eigenvalue weighted by Gasteiger charge is -2.01. The summed E-state index contributed by atoms with van der Waals surface area (Å²) in [4.78, 5) is 11.4. The summed E-state index contributed by atoms with van der Waals surface area (Å²) in [6.45, 7) is 0. The van der Waals surface area contributed by atoms with Crippen molar-refractivity contribution < 1.29 is 0 Å². The van der Waals surface area contributed by atoms with E-state index in [1.54, 1.807) is 0 Å². The standard InChI is InChI=1S/C7H6BrClN2O/c8-5-3-6(9)10-11(7(5)12)4-1-2-4/h3-4H,1-2H2. The molecule has 0 aliphatic heterocycles. The predicted molar refractivity (Wildman–Crippen MR) is 49.5 cm³/mol. The molecule has 0 spiro atoms. The molecule has 0 aromatic carbocycles. The Hall–Kier alpha value is -0.350. The zero-order valence-electron chi connectivity index (χ0n) is 6.13. The molecule has 0 unspecified atom stereocenters. The summed E-state index contributed by atoms with van der Waals surface area (Å²) in [7, 11) is 0. The lowest BCUT2D eigenvalue weighted by Crippen LogP contribution is -2.22. The molecule has 0 N–H and O–H groups in total. The zero-order valence-corrected chi connectivity index (χ0v) is 8.47. The first kappa shape index (κ1) is 8.26. The van der Waals surface area contributed by atoms with Crippen molar-refractivity contribution in [2.45, 2.75) is 18.9 Å². The van der Waals surface area contributed by atoms with E-state index in [9.17, 15) is 4.79 Å². The van der Waals surface area contributed by atoms with Crippen molar-refractivity contribution in [3.8, 4) is 0 Å². The van der Waals surface area contributed by atoms with Crippen LogP contribution in [0.5, 0.6) is 0 Å². The van der Waals surface area contributed by atoms with Gasteiger partial charge < -0.3 is 0 Å². The summed E-state index contributed by atoms with van der Waals surface area (Å²) in [5, 5.41) is 4.29. The van der Waals surface area contributed by atoms with Crippen molar-refractivity contribution in [3.63, 3.8) is 0 Å². The Morgan fingerprint density at radius 2 is 2.33 bits per heavy atom. The fraction of sp³-hybridized carbons (Fsp3) is 0.429. The molecule has 1 aromatic rings. The zero-order chi connectivity index (χ0) is 8.72. The van der Waals surface area contributed by atoms with Gasteiger partial charge in [0, 0.05) is 0 Å². The van der Waals surface area contributed by atoms with Crippen LogP contribution in [0.25, 0.3) is 0 Å². The van der Waals surface area contributed by atoms with Gasteiger partial charge in [-0.3, -0.25) is 4.79 Å². The van der Waals surface area contributed by atoms with Crippen molar-refractivity contribution >= 4 is 27.5 Å². The monoisotopic (exact) mass is 248 g/mol. The van der Waals surface area contributed by atoms with Gasteiger partial charge >= 0.3 is 0 Å². The Kier molecular flexibility index (Phi) is 1.96. The molecule has 0 amide bonds. The number of halogens is 2. The van der Waals surface area contributed by atoms with Gasteiger partial charge in [-0.05, 0) is 34.8 Å². The minimum absolute atomic E-state index is 0.0955. The van der Waals surface area contributed by atoms with Gasteiger partial charge in [-0.25, -0.2) is 4.68 Å².